The van der Waals surface area contributed by atoms with Crippen LogP contribution in [0.1, 0.15) is 30.1 Å². The first-order valence-electron chi connectivity index (χ1n) is 10.0. The van der Waals surface area contributed by atoms with E-state index in [-0.39, 0.29) is 17.6 Å². The van der Waals surface area contributed by atoms with Gasteiger partial charge in [0, 0.05) is 23.6 Å². The molecular weight excluding hydrogens is 404 g/mol. The van der Waals surface area contributed by atoms with Crippen molar-refractivity contribution in [3.05, 3.63) is 64.7 Å². The number of benzene rings is 2. The van der Waals surface area contributed by atoms with Gasteiger partial charge in [0.25, 0.3) is 5.91 Å². The second-order valence-electron chi connectivity index (χ2n) is 7.03. The first-order valence-corrected chi connectivity index (χ1v) is 10.4. The number of ether oxygens (including phenoxy) is 2. The average molecular weight is 427 g/mol. The number of fused-ring (bicyclic) bond motifs is 1. The highest BCUT2D eigenvalue weighted by atomic mass is 35.5. The fourth-order valence-electron chi connectivity index (χ4n) is 3.36. The van der Waals surface area contributed by atoms with Crippen molar-refractivity contribution in [2.75, 3.05) is 19.8 Å². The Kier molecular flexibility index (Phi) is 6.35. The molecule has 6 nitrogen and oxygen atoms in total. The Morgan fingerprint density at radius 2 is 2.07 bits per heavy atom. The summed E-state index contributed by atoms with van der Waals surface area (Å²) >= 11 is 6.11. The van der Waals surface area contributed by atoms with Crippen LogP contribution in [0.25, 0.3) is 11.0 Å². The molecule has 156 valence electrons. The van der Waals surface area contributed by atoms with Crippen LogP contribution in [0.5, 0.6) is 5.75 Å². The van der Waals surface area contributed by atoms with Crippen LogP contribution in [0.3, 0.4) is 0 Å². The Morgan fingerprint density at radius 1 is 1.23 bits per heavy atom. The molecule has 2 heterocycles. The Balaban J connectivity index is 1.70. The molecule has 0 spiro atoms. The summed E-state index contributed by atoms with van der Waals surface area (Å²) in [6, 6.07) is 14.3. The van der Waals surface area contributed by atoms with Crippen molar-refractivity contribution in [1.29, 1.82) is 0 Å². The Labute approximate surface area is 179 Å². The minimum atomic E-state index is -0.263. The molecule has 1 N–H and O–H groups in total. The minimum absolute atomic E-state index is 0.0484. The van der Waals surface area contributed by atoms with E-state index < -0.39 is 0 Å². The van der Waals surface area contributed by atoms with Gasteiger partial charge in [0.15, 0.2) is 0 Å². The van der Waals surface area contributed by atoms with Crippen LogP contribution in [0.15, 0.2) is 57.9 Å². The highest BCUT2D eigenvalue weighted by Crippen LogP contribution is 2.21. The summed E-state index contributed by atoms with van der Waals surface area (Å²) in [5, 5.41) is 4.24. The largest absolute Gasteiger partial charge is 0.494 e. The van der Waals surface area contributed by atoms with Crippen molar-refractivity contribution >= 4 is 34.2 Å². The van der Waals surface area contributed by atoms with E-state index >= 15 is 0 Å². The fraction of sp³-hybridized carbons (Fsp3) is 0.304. The van der Waals surface area contributed by atoms with Crippen LogP contribution >= 0.6 is 11.6 Å². The van der Waals surface area contributed by atoms with Crippen molar-refractivity contribution in [2.45, 2.75) is 25.9 Å². The molecule has 0 saturated carbocycles. The molecule has 1 aliphatic heterocycles. The topological polar surface area (TPSA) is 73.1 Å². The van der Waals surface area contributed by atoms with E-state index in [1.807, 2.05) is 31.2 Å². The van der Waals surface area contributed by atoms with Gasteiger partial charge < -0.3 is 19.2 Å². The maximum Gasteiger partial charge on any atom is 0.256 e. The third-order valence-electron chi connectivity index (χ3n) is 4.85. The summed E-state index contributed by atoms with van der Waals surface area (Å²) in [4.78, 5) is 17.5. The SMILES string of the molecule is CCOc1ccc(N=c2oc3ccc(Cl)cc3cc2C(=O)NC[C@H]2CCCO2)cc1. The van der Waals surface area contributed by atoms with Gasteiger partial charge in [-0.3, -0.25) is 4.79 Å². The molecule has 1 aromatic heterocycles. The van der Waals surface area contributed by atoms with Gasteiger partial charge in [0.05, 0.1) is 18.4 Å². The van der Waals surface area contributed by atoms with E-state index in [2.05, 4.69) is 10.3 Å². The van der Waals surface area contributed by atoms with Gasteiger partial charge in [0.1, 0.15) is 16.9 Å². The highest BCUT2D eigenvalue weighted by molar-refractivity contribution is 6.31. The van der Waals surface area contributed by atoms with E-state index in [9.17, 15) is 4.79 Å². The monoisotopic (exact) mass is 426 g/mol. The summed E-state index contributed by atoms with van der Waals surface area (Å²) in [6.45, 7) is 3.71. The lowest BCUT2D eigenvalue weighted by Crippen LogP contribution is -2.34. The van der Waals surface area contributed by atoms with Crippen LogP contribution in [-0.2, 0) is 4.74 Å². The van der Waals surface area contributed by atoms with Gasteiger partial charge in [0.2, 0.25) is 5.55 Å². The Hall–Kier alpha value is -2.83. The standard InChI is InChI=1S/C23H23ClN2O4/c1-2-28-18-8-6-17(7-9-18)26-23-20(22(27)25-14-19-4-3-11-29-19)13-15-12-16(24)5-10-21(15)30-23/h5-10,12-13,19H,2-4,11,14H2,1H3,(H,25,27)/t19-/m1/s1. The third kappa shape index (κ3) is 4.83. The lowest BCUT2D eigenvalue weighted by atomic mass is 10.1. The number of carbonyl (C=O) groups is 1. The van der Waals surface area contributed by atoms with Crippen molar-refractivity contribution in [3.8, 4) is 5.75 Å². The van der Waals surface area contributed by atoms with Gasteiger partial charge >= 0.3 is 0 Å². The molecule has 1 amide bonds. The molecule has 7 heteroatoms. The predicted octanol–water partition coefficient (Wildman–Crippen LogP) is 4.63. The molecule has 0 radical (unpaired) electrons. The van der Waals surface area contributed by atoms with Crippen LogP contribution in [0, 0.1) is 0 Å². The van der Waals surface area contributed by atoms with Gasteiger partial charge in [-0.1, -0.05) is 11.6 Å². The maximum atomic E-state index is 12.9. The fourth-order valence-corrected chi connectivity index (χ4v) is 3.54. The summed E-state index contributed by atoms with van der Waals surface area (Å²) in [7, 11) is 0. The van der Waals surface area contributed by atoms with Crippen LogP contribution in [0.4, 0.5) is 5.69 Å². The smallest absolute Gasteiger partial charge is 0.256 e. The summed E-state index contributed by atoms with van der Waals surface area (Å²) in [5.41, 5.74) is 1.83. The Bertz CT molecular complexity index is 1100. The zero-order valence-corrected chi connectivity index (χ0v) is 17.4. The molecule has 0 aliphatic carbocycles. The van der Waals surface area contributed by atoms with Crippen LogP contribution < -0.4 is 15.6 Å². The molecular formula is C23H23ClN2O4. The van der Waals surface area contributed by atoms with Crippen molar-refractivity contribution in [2.24, 2.45) is 4.99 Å². The summed E-state index contributed by atoms with van der Waals surface area (Å²) in [5.74, 6) is 0.497. The van der Waals surface area contributed by atoms with E-state index in [4.69, 9.17) is 25.5 Å². The third-order valence-corrected chi connectivity index (χ3v) is 5.08. The maximum absolute atomic E-state index is 12.9. The lowest BCUT2D eigenvalue weighted by Gasteiger charge is -2.11. The molecule has 3 aromatic rings. The average Bonchev–Trinajstić information content (AvgIpc) is 3.27. The first-order chi connectivity index (χ1) is 14.6. The lowest BCUT2D eigenvalue weighted by molar-refractivity contribution is 0.0854. The molecule has 1 fully saturated rings. The number of carbonyl (C=O) groups excluding carboxylic acids is 1. The molecule has 1 aliphatic rings. The normalized spacial score (nSPS) is 16.7. The molecule has 2 aromatic carbocycles. The van der Waals surface area contributed by atoms with Crippen LogP contribution in [-0.4, -0.2) is 31.8 Å². The number of rotatable bonds is 6. The number of hydrogen-bond acceptors (Lipinski definition) is 5. The van der Waals surface area contributed by atoms with E-state index in [1.54, 1.807) is 24.3 Å². The quantitative estimate of drug-likeness (QED) is 0.623. The molecule has 1 saturated heterocycles. The molecule has 0 bridgehead atoms. The van der Waals surface area contributed by atoms with Gasteiger partial charge in [-0.25, -0.2) is 4.99 Å². The molecule has 1 atom stereocenters. The zero-order valence-electron chi connectivity index (χ0n) is 16.7. The predicted molar refractivity (Wildman–Crippen MR) is 115 cm³/mol. The van der Waals surface area contributed by atoms with E-state index in [1.165, 1.54) is 0 Å². The number of amides is 1. The number of halogens is 1. The second-order valence-corrected chi connectivity index (χ2v) is 7.47. The summed E-state index contributed by atoms with van der Waals surface area (Å²) < 4.78 is 17.0. The first kappa shape index (κ1) is 20.4. The number of nitrogens with one attached hydrogen (secondary N) is 1. The van der Waals surface area contributed by atoms with Gasteiger partial charge in [-0.2, -0.15) is 0 Å². The molecule has 0 unspecified atom stereocenters. The summed E-state index contributed by atoms with van der Waals surface area (Å²) in [6.07, 6.45) is 2.01. The van der Waals surface area contributed by atoms with E-state index in [0.29, 0.717) is 35.0 Å². The second kappa shape index (κ2) is 9.32. The highest BCUT2D eigenvalue weighted by Gasteiger charge is 2.18. The zero-order chi connectivity index (χ0) is 20.9. The van der Waals surface area contributed by atoms with Crippen molar-refractivity contribution < 1.29 is 18.7 Å². The molecule has 4 rings (SSSR count). The van der Waals surface area contributed by atoms with Crippen molar-refractivity contribution in [3.63, 3.8) is 0 Å². The Morgan fingerprint density at radius 3 is 2.80 bits per heavy atom. The van der Waals surface area contributed by atoms with Crippen molar-refractivity contribution in [1.82, 2.24) is 5.32 Å². The number of nitrogens with zero attached hydrogens (tertiary/aromatic N) is 1. The van der Waals surface area contributed by atoms with Crippen LogP contribution in [0.2, 0.25) is 5.02 Å². The van der Waals surface area contributed by atoms with Gasteiger partial charge in [-0.15, -0.1) is 0 Å². The number of hydrogen-bond donors (Lipinski definition) is 1. The van der Waals surface area contributed by atoms with Gasteiger partial charge in [-0.05, 0) is 68.3 Å². The minimum Gasteiger partial charge on any atom is -0.494 e. The van der Waals surface area contributed by atoms with E-state index in [0.717, 1.165) is 30.6 Å². The molecule has 30 heavy (non-hydrogen) atoms.